The maximum atomic E-state index is 11.9. The van der Waals surface area contributed by atoms with Crippen LogP contribution in [0.2, 0.25) is 0 Å². The van der Waals surface area contributed by atoms with E-state index in [0.29, 0.717) is 13.1 Å². The molecule has 1 heterocycles. The minimum absolute atomic E-state index is 0.173. The Kier molecular flexibility index (Phi) is 4.24. The van der Waals surface area contributed by atoms with Crippen LogP contribution in [-0.4, -0.2) is 37.5 Å². The maximum absolute atomic E-state index is 11.9. The first-order chi connectivity index (χ1) is 8.61. The molecule has 2 N–H and O–H groups in total. The zero-order valence-electron chi connectivity index (χ0n) is 10.5. The molecule has 0 spiro atoms. The van der Waals surface area contributed by atoms with Gasteiger partial charge in [0, 0.05) is 36.8 Å². The van der Waals surface area contributed by atoms with Crippen LogP contribution in [0.15, 0.2) is 22.7 Å². The summed E-state index contributed by atoms with van der Waals surface area (Å²) >= 11 is 3.52. The molecule has 0 bridgehead atoms. The van der Waals surface area contributed by atoms with Crippen LogP contribution in [0.3, 0.4) is 0 Å². The second-order valence-electron chi connectivity index (χ2n) is 4.57. The van der Waals surface area contributed by atoms with E-state index in [2.05, 4.69) is 20.8 Å². The first-order valence-electron chi connectivity index (χ1n) is 6.09. The number of amides is 1. The van der Waals surface area contributed by atoms with Gasteiger partial charge >= 0.3 is 0 Å². The van der Waals surface area contributed by atoms with Crippen molar-refractivity contribution in [3.05, 3.63) is 28.2 Å². The molecule has 1 amide bonds. The highest BCUT2D eigenvalue weighted by molar-refractivity contribution is 9.10. The quantitative estimate of drug-likeness (QED) is 0.902. The zero-order chi connectivity index (χ0) is 13.1. The summed E-state index contributed by atoms with van der Waals surface area (Å²) in [7, 11) is 1.86. The molecule has 0 atom stereocenters. The van der Waals surface area contributed by atoms with Crippen molar-refractivity contribution >= 4 is 27.5 Å². The second-order valence-corrected chi connectivity index (χ2v) is 5.42. The molecule has 5 heteroatoms. The van der Waals surface area contributed by atoms with Crippen LogP contribution in [0.25, 0.3) is 0 Å². The molecule has 0 radical (unpaired) electrons. The predicted octanol–water partition coefficient (Wildman–Crippen LogP) is 1.58. The summed E-state index contributed by atoms with van der Waals surface area (Å²) in [5, 5.41) is 0. The van der Waals surface area contributed by atoms with E-state index in [1.165, 1.54) is 0 Å². The summed E-state index contributed by atoms with van der Waals surface area (Å²) in [6, 6.07) is 6.09. The number of nitrogens with two attached hydrogens (primary N) is 1. The van der Waals surface area contributed by atoms with Gasteiger partial charge in [-0.05, 0) is 24.1 Å². The van der Waals surface area contributed by atoms with Gasteiger partial charge in [-0.3, -0.25) is 4.79 Å². The van der Waals surface area contributed by atoms with Crippen molar-refractivity contribution in [3.8, 4) is 0 Å². The minimum atomic E-state index is 0.173. The molecule has 0 unspecified atom stereocenters. The second kappa shape index (κ2) is 5.71. The van der Waals surface area contributed by atoms with Gasteiger partial charge in [0.05, 0.1) is 6.54 Å². The van der Waals surface area contributed by atoms with Crippen LogP contribution in [0.4, 0.5) is 5.69 Å². The van der Waals surface area contributed by atoms with Crippen LogP contribution in [-0.2, 0) is 11.3 Å². The monoisotopic (exact) mass is 311 g/mol. The summed E-state index contributed by atoms with van der Waals surface area (Å²) in [5.74, 6) is 0.173. The van der Waals surface area contributed by atoms with Crippen molar-refractivity contribution in [1.82, 2.24) is 4.90 Å². The Morgan fingerprint density at radius 2 is 2.17 bits per heavy atom. The van der Waals surface area contributed by atoms with E-state index in [4.69, 9.17) is 5.73 Å². The highest BCUT2D eigenvalue weighted by Gasteiger charge is 2.19. The molecule has 0 aromatic heterocycles. The predicted molar refractivity (Wildman–Crippen MR) is 76.5 cm³/mol. The van der Waals surface area contributed by atoms with E-state index in [0.717, 1.165) is 35.2 Å². The lowest BCUT2D eigenvalue weighted by molar-refractivity contribution is -0.127. The molecule has 0 aliphatic carbocycles. The molecule has 4 nitrogen and oxygen atoms in total. The van der Waals surface area contributed by atoms with E-state index in [1.54, 1.807) is 4.90 Å². The number of benzene rings is 1. The number of hydrogen-bond donors (Lipinski definition) is 1. The molecule has 1 aliphatic rings. The summed E-state index contributed by atoms with van der Waals surface area (Å²) in [5.41, 5.74) is 7.79. The summed E-state index contributed by atoms with van der Waals surface area (Å²) in [4.78, 5) is 15.8. The normalized spacial score (nSPS) is 16.9. The molecule has 1 saturated heterocycles. The highest BCUT2D eigenvalue weighted by Crippen LogP contribution is 2.24. The third-order valence-corrected chi connectivity index (χ3v) is 4.03. The van der Waals surface area contributed by atoms with Crippen LogP contribution in [0, 0.1) is 0 Å². The summed E-state index contributed by atoms with van der Waals surface area (Å²) in [6.45, 7) is 2.70. The standard InChI is InChI=1S/C13H18BrN3O/c1-16-5-2-6-17(9-13(16)18)11-4-3-10(8-15)12(14)7-11/h3-4,7H,2,5-6,8-9,15H2,1H3. The lowest BCUT2D eigenvalue weighted by Gasteiger charge is -2.22. The third-order valence-electron chi connectivity index (χ3n) is 3.30. The van der Waals surface area contributed by atoms with Gasteiger partial charge in [0.2, 0.25) is 5.91 Å². The summed E-state index contributed by atoms with van der Waals surface area (Å²) < 4.78 is 1.01. The fourth-order valence-corrected chi connectivity index (χ4v) is 2.63. The number of halogens is 1. The number of nitrogens with zero attached hydrogens (tertiary/aromatic N) is 2. The van der Waals surface area contributed by atoms with Crippen molar-refractivity contribution in [2.45, 2.75) is 13.0 Å². The van der Waals surface area contributed by atoms with Crippen LogP contribution < -0.4 is 10.6 Å². The van der Waals surface area contributed by atoms with Gasteiger partial charge in [-0.15, -0.1) is 0 Å². The van der Waals surface area contributed by atoms with Gasteiger partial charge in [0.15, 0.2) is 0 Å². The van der Waals surface area contributed by atoms with E-state index in [-0.39, 0.29) is 5.91 Å². The first-order valence-corrected chi connectivity index (χ1v) is 6.88. The Morgan fingerprint density at radius 3 is 2.83 bits per heavy atom. The van der Waals surface area contributed by atoms with E-state index < -0.39 is 0 Å². The Morgan fingerprint density at radius 1 is 1.39 bits per heavy atom. The fourth-order valence-electron chi connectivity index (χ4n) is 2.11. The minimum Gasteiger partial charge on any atom is -0.362 e. The average Bonchev–Trinajstić information content (AvgIpc) is 2.52. The van der Waals surface area contributed by atoms with E-state index >= 15 is 0 Å². The van der Waals surface area contributed by atoms with E-state index in [9.17, 15) is 4.79 Å². The smallest absolute Gasteiger partial charge is 0.241 e. The molecular formula is C13H18BrN3O. The van der Waals surface area contributed by atoms with E-state index in [1.807, 2.05) is 25.2 Å². The van der Waals surface area contributed by atoms with Gasteiger partial charge in [0.1, 0.15) is 0 Å². The molecule has 1 aromatic rings. The third kappa shape index (κ3) is 2.84. The van der Waals surface area contributed by atoms with Crippen molar-refractivity contribution in [3.63, 3.8) is 0 Å². The largest absolute Gasteiger partial charge is 0.362 e. The zero-order valence-corrected chi connectivity index (χ0v) is 12.1. The van der Waals surface area contributed by atoms with Crippen LogP contribution >= 0.6 is 15.9 Å². The molecule has 2 rings (SSSR count). The number of carbonyl (C=O) groups is 1. The van der Waals surface area contributed by atoms with Gasteiger partial charge in [-0.1, -0.05) is 22.0 Å². The van der Waals surface area contributed by atoms with Crippen LogP contribution in [0.5, 0.6) is 0 Å². The molecule has 0 saturated carbocycles. The fraction of sp³-hybridized carbons (Fsp3) is 0.462. The molecule has 98 valence electrons. The topological polar surface area (TPSA) is 49.6 Å². The van der Waals surface area contributed by atoms with Crippen LogP contribution in [0.1, 0.15) is 12.0 Å². The Balaban J connectivity index is 2.20. The molecular weight excluding hydrogens is 294 g/mol. The van der Waals surface area contributed by atoms with Crippen molar-refractivity contribution < 1.29 is 4.79 Å². The Hall–Kier alpha value is -1.07. The number of likely N-dealkylation sites (N-methyl/N-ethyl adjacent to an activating group) is 1. The highest BCUT2D eigenvalue weighted by atomic mass is 79.9. The van der Waals surface area contributed by atoms with Gasteiger partial charge < -0.3 is 15.5 Å². The lowest BCUT2D eigenvalue weighted by atomic mass is 10.2. The number of anilines is 1. The van der Waals surface area contributed by atoms with Gasteiger partial charge in [-0.25, -0.2) is 0 Å². The lowest BCUT2D eigenvalue weighted by Crippen LogP contribution is -2.34. The number of rotatable bonds is 2. The Bertz CT molecular complexity index is 450. The summed E-state index contributed by atoms with van der Waals surface area (Å²) in [6.07, 6.45) is 0.999. The number of carbonyl (C=O) groups excluding carboxylic acids is 1. The molecule has 1 fully saturated rings. The first kappa shape index (κ1) is 13.4. The molecule has 1 aliphatic heterocycles. The van der Waals surface area contributed by atoms with Gasteiger partial charge in [0.25, 0.3) is 0 Å². The van der Waals surface area contributed by atoms with Crippen molar-refractivity contribution in [1.29, 1.82) is 0 Å². The maximum Gasteiger partial charge on any atom is 0.241 e. The number of hydrogen-bond acceptors (Lipinski definition) is 3. The average molecular weight is 312 g/mol. The molecule has 18 heavy (non-hydrogen) atoms. The molecule has 1 aromatic carbocycles. The SMILES string of the molecule is CN1CCCN(c2ccc(CN)c(Br)c2)CC1=O. The van der Waals surface area contributed by atoms with Crippen molar-refractivity contribution in [2.24, 2.45) is 5.73 Å². The van der Waals surface area contributed by atoms with Crippen molar-refractivity contribution in [2.75, 3.05) is 31.6 Å². The Labute approximate surface area is 116 Å². The van der Waals surface area contributed by atoms with Gasteiger partial charge in [-0.2, -0.15) is 0 Å².